The van der Waals surface area contributed by atoms with E-state index in [4.69, 9.17) is 9.47 Å². The first-order chi connectivity index (χ1) is 15.1. The summed E-state index contributed by atoms with van der Waals surface area (Å²) >= 11 is 0. The fourth-order valence-electron chi connectivity index (χ4n) is 4.09. The van der Waals surface area contributed by atoms with Crippen LogP contribution < -0.4 is 19.7 Å². The molecule has 31 heavy (non-hydrogen) atoms. The molecule has 1 amide bonds. The van der Waals surface area contributed by atoms with Crippen molar-refractivity contribution in [3.63, 3.8) is 0 Å². The molecule has 160 valence electrons. The maximum absolute atomic E-state index is 12.8. The van der Waals surface area contributed by atoms with Gasteiger partial charge in [-0.15, -0.1) is 0 Å². The largest absolute Gasteiger partial charge is 0.454 e. The first-order valence-corrected chi connectivity index (χ1v) is 10.6. The fourth-order valence-corrected chi connectivity index (χ4v) is 4.09. The molecule has 1 saturated heterocycles. The molecule has 0 spiro atoms. The minimum atomic E-state index is -0.0655. The number of carbonyl (C=O) groups is 1. The molecule has 1 fully saturated rings. The van der Waals surface area contributed by atoms with Crippen LogP contribution in [0.5, 0.6) is 11.5 Å². The Kier molecular flexibility index (Phi) is 5.05. The Morgan fingerprint density at radius 1 is 1.16 bits per heavy atom. The standard InChI is InChI=1S/C23H25N5O3/c1-14-15(2)27-22-19(26-14)9-18(11-24-22)28-7-3-4-17(12-28)23(29)25-10-16-5-6-20-21(8-16)31-13-30-20/h5-6,8-9,11,17H,3-4,7,10,12-13H2,1-2H3,(H,25,29)/t17-/m0/s1. The summed E-state index contributed by atoms with van der Waals surface area (Å²) < 4.78 is 10.8. The highest BCUT2D eigenvalue weighted by Gasteiger charge is 2.26. The Hall–Kier alpha value is -3.42. The van der Waals surface area contributed by atoms with Crippen molar-refractivity contribution in [3.05, 3.63) is 47.4 Å². The molecule has 8 heteroatoms. The van der Waals surface area contributed by atoms with E-state index in [0.717, 1.165) is 59.0 Å². The summed E-state index contributed by atoms with van der Waals surface area (Å²) in [5, 5.41) is 3.08. The molecule has 3 aromatic rings. The smallest absolute Gasteiger partial charge is 0.231 e. The second kappa shape index (κ2) is 8.02. The van der Waals surface area contributed by atoms with E-state index in [-0.39, 0.29) is 18.6 Å². The van der Waals surface area contributed by atoms with Gasteiger partial charge < -0.3 is 19.7 Å². The SMILES string of the molecule is Cc1nc2cc(N3CCC[C@H](C(=O)NCc4ccc5c(c4)OCO5)C3)cnc2nc1C. The van der Waals surface area contributed by atoms with Gasteiger partial charge in [-0.25, -0.2) is 15.0 Å². The Morgan fingerprint density at radius 2 is 2.00 bits per heavy atom. The summed E-state index contributed by atoms with van der Waals surface area (Å²) in [4.78, 5) is 28.7. The maximum atomic E-state index is 12.8. The first kappa shape index (κ1) is 19.5. The fraction of sp³-hybridized carbons (Fsp3) is 0.391. The van der Waals surface area contributed by atoms with Crippen LogP contribution in [0.25, 0.3) is 11.2 Å². The van der Waals surface area contributed by atoms with Crippen molar-refractivity contribution in [3.8, 4) is 11.5 Å². The van der Waals surface area contributed by atoms with Gasteiger partial charge in [0.25, 0.3) is 0 Å². The van der Waals surface area contributed by atoms with E-state index in [9.17, 15) is 4.79 Å². The van der Waals surface area contributed by atoms with Gasteiger partial charge in [0.15, 0.2) is 17.1 Å². The average Bonchev–Trinajstić information content (AvgIpc) is 3.26. The van der Waals surface area contributed by atoms with E-state index in [0.29, 0.717) is 18.7 Å². The normalized spacial score (nSPS) is 17.7. The number of rotatable bonds is 4. The number of piperidine rings is 1. The van der Waals surface area contributed by atoms with E-state index in [2.05, 4.69) is 25.2 Å². The highest BCUT2D eigenvalue weighted by atomic mass is 16.7. The zero-order valence-electron chi connectivity index (χ0n) is 17.7. The maximum Gasteiger partial charge on any atom is 0.231 e. The Labute approximate surface area is 180 Å². The lowest BCUT2D eigenvalue weighted by atomic mass is 9.96. The summed E-state index contributed by atoms with van der Waals surface area (Å²) in [7, 11) is 0. The van der Waals surface area contributed by atoms with Crippen molar-refractivity contribution >= 4 is 22.8 Å². The number of aryl methyl sites for hydroxylation is 2. The van der Waals surface area contributed by atoms with Crippen molar-refractivity contribution in [1.29, 1.82) is 0 Å². The molecule has 1 aromatic carbocycles. The van der Waals surface area contributed by atoms with Crippen LogP contribution in [-0.4, -0.2) is 40.7 Å². The van der Waals surface area contributed by atoms with Crippen LogP contribution in [0, 0.1) is 19.8 Å². The minimum Gasteiger partial charge on any atom is -0.454 e. The predicted molar refractivity (Wildman–Crippen MR) is 116 cm³/mol. The van der Waals surface area contributed by atoms with Gasteiger partial charge in [-0.3, -0.25) is 4.79 Å². The van der Waals surface area contributed by atoms with Crippen molar-refractivity contribution in [2.75, 3.05) is 24.8 Å². The van der Waals surface area contributed by atoms with Gasteiger partial charge >= 0.3 is 0 Å². The summed E-state index contributed by atoms with van der Waals surface area (Å²) in [5.41, 5.74) is 5.22. The Balaban J connectivity index is 1.25. The van der Waals surface area contributed by atoms with Crippen LogP contribution in [0.1, 0.15) is 29.8 Å². The van der Waals surface area contributed by atoms with Crippen LogP contribution >= 0.6 is 0 Å². The molecule has 2 aromatic heterocycles. The number of carbonyl (C=O) groups excluding carboxylic acids is 1. The van der Waals surface area contributed by atoms with Gasteiger partial charge in [-0.2, -0.15) is 0 Å². The second-order valence-electron chi connectivity index (χ2n) is 8.12. The van der Waals surface area contributed by atoms with E-state index in [1.54, 1.807) is 0 Å². The molecule has 1 atom stereocenters. The summed E-state index contributed by atoms with van der Waals surface area (Å²) in [6.07, 6.45) is 3.67. The van der Waals surface area contributed by atoms with Gasteiger partial charge in [0.1, 0.15) is 5.52 Å². The van der Waals surface area contributed by atoms with Gasteiger partial charge in [0, 0.05) is 19.6 Å². The Bertz CT molecular complexity index is 1150. The highest BCUT2D eigenvalue weighted by Crippen LogP contribution is 2.32. The van der Waals surface area contributed by atoms with Gasteiger partial charge in [0.05, 0.1) is 29.2 Å². The number of hydrogen-bond acceptors (Lipinski definition) is 7. The third-order valence-corrected chi connectivity index (χ3v) is 5.98. The molecule has 0 aliphatic carbocycles. The van der Waals surface area contributed by atoms with Crippen LogP contribution in [0.4, 0.5) is 5.69 Å². The van der Waals surface area contributed by atoms with E-state index in [1.165, 1.54) is 0 Å². The third kappa shape index (κ3) is 3.97. The quantitative estimate of drug-likeness (QED) is 0.695. The molecule has 0 bridgehead atoms. The lowest BCUT2D eigenvalue weighted by molar-refractivity contribution is -0.125. The molecule has 0 unspecified atom stereocenters. The highest BCUT2D eigenvalue weighted by molar-refractivity contribution is 5.80. The van der Waals surface area contributed by atoms with Crippen molar-refractivity contribution < 1.29 is 14.3 Å². The minimum absolute atomic E-state index is 0.0655. The van der Waals surface area contributed by atoms with Gasteiger partial charge in [-0.05, 0) is 50.5 Å². The number of pyridine rings is 1. The predicted octanol–water partition coefficient (Wildman–Crippen LogP) is 2.90. The number of aromatic nitrogens is 3. The number of anilines is 1. The van der Waals surface area contributed by atoms with Crippen molar-refractivity contribution in [2.24, 2.45) is 5.92 Å². The Morgan fingerprint density at radius 3 is 2.90 bits per heavy atom. The molecular weight excluding hydrogens is 394 g/mol. The molecule has 0 saturated carbocycles. The van der Waals surface area contributed by atoms with Crippen molar-refractivity contribution in [2.45, 2.75) is 33.2 Å². The molecule has 8 nitrogen and oxygen atoms in total. The molecule has 0 radical (unpaired) electrons. The molecule has 5 rings (SSSR count). The van der Waals surface area contributed by atoms with Crippen LogP contribution in [0.3, 0.4) is 0 Å². The zero-order valence-corrected chi connectivity index (χ0v) is 17.7. The molecular formula is C23H25N5O3. The summed E-state index contributed by atoms with van der Waals surface area (Å²) in [6, 6.07) is 7.77. The third-order valence-electron chi connectivity index (χ3n) is 5.98. The molecule has 2 aliphatic heterocycles. The van der Waals surface area contributed by atoms with Gasteiger partial charge in [-0.1, -0.05) is 6.07 Å². The van der Waals surface area contributed by atoms with E-state index >= 15 is 0 Å². The van der Waals surface area contributed by atoms with Crippen LogP contribution in [-0.2, 0) is 11.3 Å². The summed E-state index contributed by atoms with van der Waals surface area (Å²) in [5.74, 6) is 1.48. The van der Waals surface area contributed by atoms with Crippen LogP contribution in [0.15, 0.2) is 30.5 Å². The van der Waals surface area contributed by atoms with Crippen molar-refractivity contribution in [1.82, 2.24) is 20.3 Å². The molecule has 2 aliphatic rings. The van der Waals surface area contributed by atoms with E-state index < -0.39 is 0 Å². The topological polar surface area (TPSA) is 89.5 Å². The number of ether oxygens (including phenoxy) is 2. The number of nitrogens with one attached hydrogen (secondary N) is 1. The van der Waals surface area contributed by atoms with E-state index in [1.807, 2.05) is 44.3 Å². The number of benzene rings is 1. The van der Waals surface area contributed by atoms with Crippen LogP contribution in [0.2, 0.25) is 0 Å². The monoisotopic (exact) mass is 419 g/mol. The number of nitrogens with zero attached hydrogens (tertiary/aromatic N) is 4. The average molecular weight is 419 g/mol. The molecule has 4 heterocycles. The first-order valence-electron chi connectivity index (χ1n) is 10.6. The molecule has 1 N–H and O–H groups in total. The number of fused-ring (bicyclic) bond motifs is 2. The second-order valence-corrected chi connectivity index (χ2v) is 8.12. The lowest BCUT2D eigenvalue weighted by Gasteiger charge is -2.33. The van der Waals surface area contributed by atoms with Gasteiger partial charge in [0.2, 0.25) is 12.7 Å². The number of hydrogen-bond donors (Lipinski definition) is 1. The summed E-state index contributed by atoms with van der Waals surface area (Å²) in [6.45, 7) is 6.18. The zero-order chi connectivity index (χ0) is 21.4. The lowest BCUT2D eigenvalue weighted by Crippen LogP contribution is -2.43. The number of amides is 1.